The second-order valence-electron chi connectivity index (χ2n) is 5.00. The van der Waals surface area contributed by atoms with Crippen LogP contribution in [0.3, 0.4) is 0 Å². The molecule has 0 N–H and O–H groups in total. The molecular weight excluding hydrogens is 290 g/mol. The average molecular weight is 307 g/mol. The molecule has 0 saturated carbocycles. The van der Waals surface area contributed by atoms with E-state index in [0.29, 0.717) is 18.3 Å². The molecule has 0 saturated heterocycles. The highest BCUT2D eigenvalue weighted by molar-refractivity contribution is 5.78. The van der Waals surface area contributed by atoms with Gasteiger partial charge in [-0.2, -0.15) is 0 Å². The molecule has 0 spiro atoms. The second-order valence-corrected chi connectivity index (χ2v) is 5.00. The smallest absolute Gasteiger partial charge is 0.315 e. The van der Waals surface area contributed by atoms with Gasteiger partial charge in [-0.1, -0.05) is 60.7 Å². The van der Waals surface area contributed by atoms with Crippen LogP contribution in [-0.2, 0) is 16.0 Å². The van der Waals surface area contributed by atoms with Crippen LogP contribution in [0.25, 0.3) is 22.6 Å². The van der Waals surface area contributed by atoms with Crippen molar-refractivity contribution in [2.24, 2.45) is 0 Å². The van der Waals surface area contributed by atoms with Crippen molar-refractivity contribution in [3.8, 4) is 22.6 Å². The third kappa shape index (κ3) is 3.48. The summed E-state index contributed by atoms with van der Waals surface area (Å²) in [4.78, 5) is 16.2. The molecule has 3 aromatic rings. The zero-order valence-electron chi connectivity index (χ0n) is 12.9. The van der Waals surface area contributed by atoms with Crippen LogP contribution in [0.1, 0.15) is 12.8 Å². The van der Waals surface area contributed by atoms with Gasteiger partial charge in [-0.3, -0.25) is 4.79 Å². The Bertz CT molecular complexity index is 722. The fourth-order valence-electron chi connectivity index (χ4n) is 2.35. The van der Waals surface area contributed by atoms with Gasteiger partial charge in [-0.25, -0.2) is 4.98 Å². The molecule has 0 amide bonds. The van der Waals surface area contributed by atoms with Crippen LogP contribution in [0.2, 0.25) is 0 Å². The predicted octanol–water partition coefficient (Wildman–Crippen LogP) is 4.11. The molecule has 2 aromatic carbocycles. The summed E-state index contributed by atoms with van der Waals surface area (Å²) in [5.41, 5.74) is 2.61. The molecule has 3 rings (SSSR count). The number of carbonyl (C=O) groups excluding carboxylic acids is 1. The molecule has 116 valence electrons. The number of aromatic nitrogens is 1. The molecule has 1 aromatic heterocycles. The van der Waals surface area contributed by atoms with E-state index in [1.165, 1.54) is 0 Å². The van der Waals surface area contributed by atoms with Crippen molar-refractivity contribution < 1.29 is 13.9 Å². The molecular formula is C19H17NO3. The molecule has 0 bridgehead atoms. The lowest BCUT2D eigenvalue weighted by atomic mass is 10.1. The van der Waals surface area contributed by atoms with Crippen molar-refractivity contribution in [2.45, 2.75) is 13.3 Å². The minimum Gasteiger partial charge on any atom is -0.466 e. The van der Waals surface area contributed by atoms with Gasteiger partial charge < -0.3 is 9.15 Å². The van der Waals surface area contributed by atoms with Crippen molar-refractivity contribution in [3.05, 3.63) is 66.6 Å². The highest BCUT2D eigenvalue weighted by Gasteiger charge is 2.18. The lowest BCUT2D eigenvalue weighted by Gasteiger charge is -2.00. The van der Waals surface area contributed by atoms with Gasteiger partial charge in [-0.15, -0.1) is 0 Å². The minimum atomic E-state index is -0.340. The summed E-state index contributed by atoms with van der Waals surface area (Å²) in [6.07, 6.45) is 0.0283. The average Bonchev–Trinajstić information content (AvgIpc) is 3.00. The number of oxazole rings is 1. The van der Waals surface area contributed by atoms with Gasteiger partial charge in [0, 0.05) is 11.1 Å². The second kappa shape index (κ2) is 6.92. The highest BCUT2D eigenvalue weighted by Crippen LogP contribution is 2.32. The van der Waals surface area contributed by atoms with Gasteiger partial charge in [0.1, 0.15) is 12.1 Å². The lowest BCUT2D eigenvalue weighted by Crippen LogP contribution is -2.07. The van der Waals surface area contributed by atoms with Crippen LogP contribution in [0.4, 0.5) is 0 Å². The monoisotopic (exact) mass is 307 g/mol. The van der Waals surface area contributed by atoms with Crippen LogP contribution in [0, 0.1) is 0 Å². The highest BCUT2D eigenvalue weighted by atomic mass is 16.5. The number of rotatable bonds is 5. The van der Waals surface area contributed by atoms with Crippen molar-refractivity contribution in [3.63, 3.8) is 0 Å². The van der Waals surface area contributed by atoms with Gasteiger partial charge >= 0.3 is 5.97 Å². The number of hydrogen-bond acceptors (Lipinski definition) is 4. The number of ether oxygens (including phenoxy) is 1. The molecule has 0 atom stereocenters. The predicted molar refractivity (Wildman–Crippen MR) is 87.7 cm³/mol. The summed E-state index contributed by atoms with van der Waals surface area (Å²) >= 11 is 0. The molecule has 0 aliphatic heterocycles. The van der Waals surface area contributed by atoms with E-state index in [1.807, 2.05) is 60.7 Å². The Labute approximate surface area is 134 Å². The number of carbonyl (C=O) groups is 1. The number of benzene rings is 2. The summed E-state index contributed by atoms with van der Waals surface area (Å²) in [5, 5.41) is 0. The Morgan fingerprint density at radius 3 is 2.22 bits per heavy atom. The number of nitrogens with zero attached hydrogens (tertiary/aromatic N) is 1. The van der Waals surface area contributed by atoms with Crippen LogP contribution in [0.15, 0.2) is 65.1 Å². The van der Waals surface area contributed by atoms with E-state index in [4.69, 9.17) is 9.15 Å². The van der Waals surface area contributed by atoms with Crippen molar-refractivity contribution in [1.82, 2.24) is 4.98 Å². The van der Waals surface area contributed by atoms with Crippen LogP contribution in [-0.4, -0.2) is 17.6 Å². The van der Waals surface area contributed by atoms with Gasteiger partial charge in [0.05, 0.1) is 6.61 Å². The normalized spacial score (nSPS) is 10.5. The van der Waals surface area contributed by atoms with Crippen LogP contribution >= 0.6 is 0 Å². The van der Waals surface area contributed by atoms with Crippen LogP contribution < -0.4 is 0 Å². The van der Waals surface area contributed by atoms with Gasteiger partial charge in [0.15, 0.2) is 5.76 Å². The molecule has 0 aliphatic rings. The lowest BCUT2D eigenvalue weighted by molar-refractivity contribution is -0.142. The Morgan fingerprint density at radius 1 is 1.00 bits per heavy atom. The van der Waals surface area contributed by atoms with Crippen molar-refractivity contribution in [2.75, 3.05) is 6.61 Å². The molecule has 4 nitrogen and oxygen atoms in total. The third-order valence-electron chi connectivity index (χ3n) is 3.36. The third-order valence-corrected chi connectivity index (χ3v) is 3.36. The van der Waals surface area contributed by atoms with E-state index >= 15 is 0 Å². The van der Waals surface area contributed by atoms with E-state index in [1.54, 1.807) is 6.92 Å². The van der Waals surface area contributed by atoms with Gasteiger partial charge in [0.25, 0.3) is 0 Å². The summed E-state index contributed by atoms with van der Waals surface area (Å²) < 4.78 is 10.8. The fraction of sp³-hybridized carbons (Fsp3) is 0.158. The molecule has 1 heterocycles. The van der Waals surface area contributed by atoms with E-state index < -0.39 is 0 Å². The maximum atomic E-state index is 11.7. The molecule has 0 radical (unpaired) electrons. The van der Waals surface area contributed by atoms with Crippen molar-refractivity contribution >= 4 is 5.97 Å². The number of hydrogen-bond donors (Lipinski definition) is 0. The molecule has 0 fully saturated rings. The minimum absolute atomic E-state index is 0.0283. The molecule has 4 heteroatoms. The van der Waals surface area contributed by atoms with Crippen molar-refractivity contribution in [1.29, 1.82) is 0 Å². The quantitative estimate of drug-likeness (QED) is 0.665. The first-order valence-corrected chi connectivity index (χ1v) is 7.54. The van der Waals surface area contributed by atoms with Gasteiger partial charge in [-0.05, 0) is 6.92 Å². The Kier molecular flexibility index (Phi) is 4.52. The Hall–Kier alpha value is -2.88. The summed E-state index contributed by atoms with van der Waals surface area (Å²) in [7, 11) is 0. The SMILES string of the molecule is CCOC(=O)Cc1nc(-c2ccccc2)c(-c2ccccc2)o1. The number of esters is 1. The standard InChI is InChI=1S/C19H17NO3/c1-2-22-17(21)13-16-20-18(14-9-5-3-6-10-14)19(23-16)15-11-7-4-8-12-15/h3-12H,2,13H2,1H3. The first-order chi connectivity index (χ1) is 11.3. The largest absolute Gasteiger partial charge is 0.466 e. The maximum Gasteiger partial charge on any atom is 0.315 e. The first-order valence-electron chi connectivity index (χ1n) is 7.54. The molecule has 23 heavy (non-hydrogen) atoms. The summed E-state index contributed by atoms with van der Waals surface area (Å²) in [6, 6.07) is 19.5. The topological polar surface area (TPSA) is 52.3 Å². The fourth-order valence-corrected chi connectivity index (χ4v) is 2.35. The van der Waals surface area contributed by atoms with Gasteiger partial charge in [0.2, 0.25) is 5.89 Å². The molecule has 0 unspecified atom stereocenters. The van der Waals surface area contributed by atoms with E-state index in [9.17, 15) is 4.79 Å². The first kappa shape index (κ1) is 15.0. The Morgan fingerprint density at radius 2 is 1.61 bits per heavy atom. The van der Waals surface area contributed by atoms with E-state index in [-0.39, 0.29) is 12.4 Å². The Balaban J connectivity index is 2.02. The van der Waals surface area contributed by atoms with E-state index in [0.717, 1.165) is 16.8 Å². The zero-order chi connectivity index (χ0) is 16.1. The molecule has 0 aliphatic carbocycles. The maximum absolute atomic E-state index is 11.7. The van der Waals surface area contributed by atoms with Crippen LogP contribution in [0.5, 0.6) is 0 Å². The summed E-state index contributed by atoms with van der Waals surface area (Å²) in [5.74, 6) is 0.685. The van der Waals surface area contributed by atoms with E-state index in [2.05, 4.69) is 4.98 Å². The zero-order valence-corrected chi connectivity index (χ0v) is 12.9. The summed E-state index contributed by atoms with van der Waals surface area (Å²) in [6.45, 7) is 2.12.